The lowest BCUT2D eigenvalue weighted by molar-refractivity contribution is -0.141. The molecule has 1 heterocycles. The second-order valence-corrected chi connectivity index (χ2v) is 6.87. The molecule has 5 heteroatoms. The molecular formula is C16H28N2O3. The monoisotopic (exact) mass is 296 g/mol. The van der Waals surface area contributed by atoms with Gasteiger partial charge in [-0.1, -0.05) is 26.7 Å². The van der Waals surface area contributed by atoms with E-state index in [1.54, 1.807) is 4.90 Å². The number of amides is 2. The Morgan fingerprint density at radius 3 is 2.43 bits per heavy atom. The molecule has 120 valence electrons. The number of carboxylic acid groups (broad SMARTS) is 1. The topological polar surface area (TPSA) is 60.9 Å². The molecular weight excluding hydrogens is 268 g/mol. The summed E-state index contributed by atoms with van der Waals surface area (Å²) in [5.74, 6) is -0.587. The Morgan fingerprint density at radius 1 is 1.24 bits per heavy atom. The van der Waals surface area contributed by atoms with Gasteiger partial charge in [0.15, 0.2) is 0 Å². The van der Waals surface area contributed by atoms with Crippen molar-refractivity contribution in [3.63, 3.8) is 0 Å². The van der Waals surface area contributed by atoms with Crippen molar-refractivity contribution in [2.75, 3.05) is 19.6 Å². The van der Waals surface area contributed by atoms with Gasteiger partial charge < -0.3 is 14.9 Å². The zero-order valence-corrected chi connectivity index (χ0v) is 13.3. The molecule has 1 atom stereocenters. The van der Waals surface area contributed by atoms with Crippen LogP contribution >= 0.6 is 0 Å². The van der Waals surface area contributed by atoms with Crippen LogP contribution in [0.3, 0.4) is 0 Å². The van der Waals surface area contributed by atoms with Gasteiger partial charge in [0.25, 0.3) is 0 Å². The van der Waals surface area contributed by atoms with E-state index in [1.165, 1.54) is 12.8 Å². The fourth-order valence-corrected chi connectivity index (χ4v) is 3.36. The van der Waals surface area contributed by atoms with Crippen molar-refractivity contribution in [1.82, 2.24) is 9.80 Å². The molecule has 2 aliphatic rings. The Morgan fingerprint density at radius 2 is 1.90 bits per heavy atom. The minimum Gasteiger partial charge on any atom is -0.481 e. The van der Waals surface area contributed by atoms with Crippen molar-refractivity contribution < 1.29 is 14.7 Å². The number of carbonyl (C=O) groups excluding carboxylic acids is 1. The maximum absolute atomic E-state index is 12.8. The summed E-state index contributed by atoms with van der Waals surface area (Å²) in [6.45, 7) is 6.11. The molecule has 1 saturated heterocycles. The zero-order chi connectivity index (χ0) is 15.4. The molecule has 21 heavy (non-hydrogen) atoms. The van der Waals surface area contributed by atoms with Crippen LogP contribution in [0.1, 0.15) is 52.4 Å². The number of aliphatic carboxylic acids is 1. The van der Waals surface area contributed by atoms with Gasteiger partial charge in [0.05, 0.1) is 5.92 Å². The summed E-state index contributed by atoms with van der Waals surface area (Å²) >= 11 is 0. The minimum absolute atomic E-state index is 0.0614. The van der Waals surface area contributed by atoms with Gasteiger partial charge in [-0.05, 0) is 31.6 Å². The predicted molar refractivity (Wildman–Crippen MR) is 81.1 cm³/mol. The van der Waals surface area contributed by atoms with Crippen LogP contribution in [-0.4, -0.2) is 52.6 Å². The first-order valence-electron chi connectivity index (χ1n) is 8.27. The van der Waals surface area contributed by atoms with Gasteiger partial charge in [-0.2, -0.15) is 0 Å². The van der Waals surface area contributed by atoms with E-state index >= 15 is 0 Å². The van der Waals surface area contributed by atoms with Crippen molar-refractivity contribution >= 4 is 12.0 Å². The summed E-state index contributed by atoms with van der Waals surface area (Å²) in [6.07, 6.45) is 6.20. The van der Waals surface area contributed by atoms with Crippen LogP contribution in [0, 0.1) is 11.8 Å². The second-order valence-electron chi connectivity index (χ2n) is 6.87. The SMILES string of the molecule is CC(C)CCN(C(=O)N1CCC(C(=O)O)C1)C1CCCC1. The summed E-state index contributed by atoms with van der Waals surface area (Å²) in [7, 11) is 0. The lowest BCUT2D eigenvalue weighted by Crippen LogP contribution is -2.47. The lowest BCUT2D eigenvalue weighted by Gasteiger charge is -2.33. The van der Waals surface area contributed by atoms with Gasteiger partial charge in [0, 0.05) is 25.7 Å². The highest BCUT2D eigenvalue weighted by Gasteiger charge is 2.35. The van der Waals surface area contributed by atoms with E-state index in [9.17, 15) is 9.59 Å². The summed E-state index contributed by atoms with van der Waals surface area (Å²) < 4.78 is 0. The number of nitrogens with zero attached hydrogens (tertiary/aromatic N) is 2. The number of hydrogen-bond donors (Lipinski definition) is 1. The fourth-order valence-electron chi connectivity index (χ4n) is 3.36. The number of hydrogen-bond acceptors (Lipinski definition) is 2. The summed E-state index contributed by atoms with van der Waals surface area (Å²) in [6, 6.07) is 0.423. The van der Waals surface area contributed by atoms with E-state index in [1.807, 2.05) is 4.90 Å². The van der Waals surface area contributed by atoms with Gasteiger partial charge in [-0.3, -0.25) is 4.79 Å². The Balaban J connectivity index is 1.98. The molecule has 2 amide bonds. The number of rotatable bonds is 5. The Labute approximate surface area is 127 Å². The molecule has 0 aromatic rings. The van der Waals surface area contributed by atoms with Gasteiger partial charge >= 0.3 is 12.0 Å². The van der Waals surface area contributed by atoms with Crippen LogP contribution in [0.5, 0.6) is 0 Å². The van der Waals surface area contributed by atoms with Crippen LogP contribution in [0.15, 0.2) is 0 Å². The molecule has 5 nitrogen and oxygen atoms in total. The van der Waals surface area contributed by atoms with E-state index in [4.69, 9.17) is 5.11 Å². The third-order valence-corrected chi connectivity index (χ3v) is 4.77. The molecule has 0 aromatic carbocycles. The number of likely N-dealkylation sites (tertiary alicyclic amines) is 1. The molecule has 0 spiro atoms. The summed E-state index contributed by atoms with van der Waals surface area (Å²) in [5, 5.41) is 9.09. The van der Waals surface area contributed by atoms with Crippen molar-refractivity contribution in [2.45, 2.75) is 58.4 Å². The third-order valence-electron chi connectivity index (χ3n) is 4.77. The normalized spacial score (nSPS) is 23.0. The molecule has 2 rings (SSSR count). The first-order valence-corrected chi connectivity index (χ1v) is 8.27. The van der Waals surface area contributed by atoms with E-state index in [0.29, 0.717) is 31.5 Å². The van der Waals surface area contributed by atoms with Crippen LogP contribution in [0.2, 0.25) is 0 Å². The molecule has 0 radical (unpaired) electrons. The van der Waals surface area contributed by atoms with E-state index in [0.717, 1.165) is 25.8 Å². The standard InChI is InChI=1S/C16H28N2O3/c1-12(2)7-10-18(14-5-3-4-6-14)16(21)17-9-8-13(11-17)15(19)20/h12-14H,3-11H2,1-2H3,(H,19,20). The van der Waals surface area contributed by atoms with E-state index < -0.39 is 5.97 Å². The fraction of sp³-hybridized carbons (Fsp3) is 0.875. The molecule has 1 unspecified atom stereocenters. The van der Waals surface area contributed by atoms with Crippen LogP contribution in [-0.2, 0) is 4.79 Å². The highest BCUT2D eigenvalue weighted by molar-refractivity contribution is 5.77. The molecule has 1 aliphatic carbocycles. The Kier molecular flexibility index (Phi) is 5.48. The average Bonchev–Trinajstić information content (AvgIpc) is 3.09. The van der Waals surface area contributed by atoms with Gasteiger partial charge in [-0.15, -0.1) is 0 Å². The van der Waals surface area contributed by atoms with Crippen LogP contribution in [0.4, 0.5) is 4.79 Å². The largest absolute Gasteiger partial charge is 0.481 e. The molecule has 1 N–H and O–H groups in total. The van der Waals surface area contributed by atoms with Gasteiger partial charge in [0.1, 0.15) is 0 Å². The molecule has 0 bridgehead atoms. The van der Waals surface area contributed by atoms with Crippen LogP contribution in [0.25, 0.3) is 0 Å². The maximum Gasteiger partial charge on any atom is 0.320 e. The number of urea groups is 1. The van der Waals surface area contributed by atoms with E-state index in [2.05, 4.69) is 13.8 Å². The second kappa shape index (κ2) is 7.14. The van der Waals surface area contributed by atoms with Crippen molar-refractivity contribution in [2.24, 2.45) is 11.8 Å². The maximum atomic E-state index is 12.8. The zero-order valence-electron chi connectivity index (χ0n) is 13.3. The first-order chi connectivity index (χ1) is 9.99. The van der Waals surface area contributed by atoms with Gasteiger partial charge in [-0.25, -0.2) is 4.79 Å². The number of carboxylic acids is 1. The Bertz CT molecular complexity index is 378. The third kappa shape index (κ3) is 4.11. The smallest absolute Gasteiger partial charge is 0.320 e. The molecule has 1 saturated carbocycles. The highest BCUT2D eigenvalue weighted by atomic mass is 16.4. The quantitative estimate of drug-likeness (QED) is 0.848. The highest BCUT2D eigenvalue weighted by Crippen LogP contribution is 2.27. The number of carbonyl (C=O) groups is 2. The summed E-state index contributed by atoms with van der Waals surface area (Å²) in [4.78, 5) is 27.6. The molecule has 2 fully saturated rings. The summed E-state index contributed by atoms with van der Waals surface area (Å²) in [5.41, 5.74) is 0. The lowest BCUT2D eigenvalue weighted by atomic mass is 10.1. The van der Waals surface area contributed by atoms with Crippen molar-refractivity contribution in [3.8, 4) is 0 Å². The minimum atomic E-state index is -0.778. The average molecular weight is 296 g/mol. The van der Waals surface area contributed by atoms with Crippen molar-refractivity contribution in [1.29, 1.82) is 0 Å². The van der Waals surface area contributed by atoms with Gasteiger partial charge in [0.2, 0.25) is 0 Å². The van der Waals surface area contributed by atoms with Crippen LogP contribution < -0.4 is 0 Å². The molecule has 1 aliphatic heterocycles. The molecule has 0 aromatic heterocycles. The predicted octanol–water partition coefficient (Wildman–Crippen LogP) is 2.80. The Hall–Kier alpha value is -1.26. The first kappa shape index (κ1) is 16.1. The van der Waals surface area contributed by atoms with Crippen molar-refractivity contribution in [3.05, 3.63) is 0 Å². The van der Waals surface area contributed by atoms with E-state index in [-0.39, 0.29) is 11.9 Å².